The first kappa shape index (κ1) is 8.97. The van der Waals surface area contributed by atoms with Crippen LogP contribution in [0.1, 0.15) is 10.8 Å². The molecule has 1 aromatic heterocycles. The smallest absolute Gasteiger partial charge is 0.0983 e. The highest BCUT2D eigenvalue weighted by molar-refractivity contribution is 7.16. The maximum atomic E-state index is 12.2. The number of nitrogens with two attached hydrogens (primary N) is 1. The second-order valence-corrected chi connectivity index (χ2v) is 3.98. The zero-order valence-corrected chi connectivity index (χ0v) is 7.46. The van der Waals surface area contributed by atoms with E-state index >= 15 is 0 Å². The molecule has 1 heterocycles. The summed E-state index contributed by atoms with van der Waals surface area (Å²) in [6.07, 6.45) is 0. The molecule has 1 atom stereocenters. The quantitative estimate of drug-likeness (QED) is 0.784. The molecular weight excluding hydrogens is 185 g/mol. The first-order valence-electron chi connectivity index (χ1n) is 3.29. The van der Waals surface area contributed by atoms with E-state index in [2.05, 4.69) is 0 Å². The SMILES string of the molecule is NCC(CF)c1ccc(Cl)s1. The van der Waals surface area contributed by atoms with Crippen molar-refractivity contribution < 1.29 is 4.39 Å². The third-order valence-corrected chi connectivity index (χ3v) is 2.86. The molecule has 0 amide bonds. The summed E-state index contributed by atoms with van der Waals surface area (Å²) >= 11 is 7.06. The van der Waals surface area contributed by atoms with E-state index in [1.165, 1.54) is 11.3 Å². The van der Waals surface area contributed by atoms with Crippen molar-refractivity contribution in [2.75, 3.05) is 13.2 Å². The van der Waals surface area contributed by atoms with E-state index < -0.39 is 6.67 Å². The molecule has 0 aliphatic rings. The Balaban J connectivity index is 2.73. The Morgan fingerprint density at radius 2 is 2.36 bits per heavy atom. The molecule has 0 bridgehead atoms. The third-order valence-electron chi connectivity index (χ3n) is 1.47. The Morgan fingerprint density at radius 3 is 2.73 bits per heavy atom. The van der Waals surface area contributed by atoms with Gasteiger partial charge in [-0.15, -0.1) is 11.3 Å². The van der Waals surface area contributed by atoms with E-state index in [-0.39, 0.29) is 5.92 Å². The van der Waals surface area contributed by atoms with Gasteiger partial charge in [-0.05, 0) is 12.1 Å². The van der Waals surface area contributed by atoms with Gasteiger partial charge in [0, 0.05) is 17.3 Å². The molecule has 11 heavy (non-hydrogen) atoms. The highest BCUT2D eigenvalue weighted by atomic mass is 35.5. The summed E-state index contributed by atoms with van der Waals surface area (Å²) < 4.78 is 12.9. The molecule has 4 heteroatoms. The second-order valence-electron chi connectivity index (χ2n) is 2.23. The predicted octanol–water partition coefficient (Wildman–Crippen LogP) is 2.41. The summed E-state index contributed by atoms with van der Waals surface area (Å²) in [5.41, 5.74) is 5.35. The third kappa shape index (κ3) is 2.15. The zero-order chi connectivity index (χ0) is 8.27. The van der Waals surface area contributed by atoms with E-state index in [0.29, 0.717) is 10.9 Å². The molecule has 0 spiro atoms. The monoisotopic (exact) mass is 193 g/mol. The zero-order valence-electron chi connectivity index (χ0n) is 5.89. The molecule has 0 aromatic carbocycles. The summed E-state index contributed by atoms with van der Waals surface area (Å²) in [4.78, 5) is 0.931. The molecule has 2 N–H and O–H groups in total. The Morgan fingerprint density at radius 1 is 1.64 bits per heavy atom. The minimum absolute atomic E-state index is 0.174. The van der Waals surface area contributed by atoms with Crippen LogP contribution in [0.4, 0.5) is 4.39 Å². The fourth-order valence-electron chi connectivity index (χ4n) is 0.803. The molecular formula is C7H9ClFNS. The number of alkyl halides is 1. The van der Waals surface area contributed by atoms with Crippen LogP contribution in [0.3, 0.4) is 0 Å². The summed E-state index contributed by atoms with van der Waals surface area (Å²) in [7, 11) is 0. The average molecular weight is 194 g/mol. The lowest BCUT2D eigenvalue weighted by Crippen LogP contribution is -2.12. The topological polar surface area (TPSA) is 26.0 Å². The first-order valence-corrected chi connectivity index (χ1v) is 4.48. The minimum Gasteiger partial charge on any atom is -0.330 e. The number of hydrogen-bond donors (Lipinski definition) is 1. The molecule has 1 aromatic rings. The summed E-state index contributed by atoms with van der Waals surface area (Å²) in [5.74, 6) is -0.174. The highest BCUT2D eigenvalue weighted by Gasteiger charge is 2.10. The van der Waals surface area contributed by atoms with Crippen LogP contribution in [-0.2, 0) is 0 Å². The molecule has 1 nitrogen and oxygen atoms in total. The molecule has 0 saturated carbocycles. The average Bonchev–Trinajstić information content (AvgIpc) is 2.39. The van der Waals surface area contributed by atoms with Crippen LogP contribution in [0.2, 0.25) is 4.34 Å². The van der Waals surface area contributed by atoms with Crippen molar-refractivity contribution in [3.63, 3.8) is 0 Å². The fourth-order valence-corrected chi connectivity index (χ4v) is 1.96. The van der Waals surface area contributed by atoms with Gasteiger partial charge < -0.3 is 5.73 Å². The van der Waals surface area contributed by atoms with Crippen LogP contribution in [0.5, 0.6) is 0 Å². The molecule has 0 saturated heterocycles. The van der Waals surface area contributed by atoms with Crippen molar-refractivity contribution in [1.29, 1.82) is 0 Å². The Kier molecular flexibility index (Phi) is 3.30. The first-order chi connectivity index (χ1) is 5.27. The van der Waals surface area contributed by atoms with E-state index in [1.807, 2.05) is 6.07 Å². The van der Waals surface area contributed by atoms with Crippen molar-refractivity contribution in [2.24, 2.45) is 5.73 Å². The van der Waals surface area contributed by atoms with Gasteiger partial charge in [-0.3, -0.25) is 4.39 Å². The summed E-state index contributed by atoms with van der Waals surface area (Å²) in [6.45, 7) is -0.0688. The predicted molar refractivity (Wildman–Crippen MR) is 47.1 cm³/mol. The van der Waals surface area contributed by atoms with Gasteiger partial charge in [0.15, 0.2) is 0 Å². The highest BCUT2D eigenvalue weighted by Crippen LogP contribution is 2.27. The lowest BCUT2D eigenvalue weighted by Gasteiger charge is -2.05. The molecule has 0 aliphatic carbocycles. The van der Waals surface area contributed by atoms with Gasteiger partial charge >= 0.3 is 0 Å². The van der Waals surface area contributed by atoms with Crippen molar-refractivity contribution >= 4 is 22.9 Å². The largest absolute Gasteiger partial charge is 0.330 e. The van der Waals surface area contributed by atoms with Crippen LogP contribution in [-0.4, -0.2) is 13.2 Å². The maximum absolute atomic E-state index is 12.2. The van der Waals surface area contributed by atoms with Gasteiger partial charge in [-0.2, -0.15) is 0 Å². The Bertz CT molecular complexity index is 222. The van der Waals surface area contributed by atoms with Gasteiger partial charge in [0.25, 0.3) is 0 Å². The molecule has 1 rings (SSSR count). The van der Waals surface area contributed by atoms with E-state index in [0.717, 1.165) is 4.88 Å². The van der Waals surface area contributed by atoms with Gasteiger partial charge in [0.2, 0.25) is 0 Å². The van der Waals surface area contributed by atoms with Crippen LogP contribution >= 0.6 is 22.9 Å². The summed E-state index contributed by atoms with van der Waals surface area (Å²) in [5, 5.41) is 0. The molecule has 0 radical (unpaired) electrons. The van der Waals surface area contributed by atoms with Crippen molar-refractivity contribution in [1.82, 2.24) is 0 Å². The molecule has 1 unspecified atom stereocenters. The molecule has 0 fully saturated rings. The minimum atomic E-state index is -0.409. The fraction of sp³-hybridized carbons (Fsp3) is 0.429. The van der Waals surface area contributed by atoms with Gasteiger partial charge in [-0.1, -0.05) is 11.6 Å². The normalized spacial score (nSPS) is 13.4. The van der Waals surface area contributed by atoms with Crippen LogP contribution in [0.15, 0.2) is 12.1 Å². The van der Waals surface area contributed by atoms with E-state index in [1.54, 1.807) is 6.07 Å². The number of hydrogen-bond acceptors (Lipinski definition) is 2. The van der Waals surface area contributed by atoms with Gasteiger partial charge in [0.05, 0.1) is 11.0 Å². The van der Waals surface area contributed by atoms with Gasteiger partial charge in [-0.25, -0.2) is 0 Å². The lowest BCUT2D eigenvalue weighted by molar-refractivity contribution is 0.438. The van der Waals surface area contributed by atoms with Gasteiger partial charge in [0.1, 0.15) is 0 Å². The standard InChI is InChI=1S/C7H9ClFNS/c8-7-2-1-6(11-7)5(3-9)4-10/h1-2,5H,3-4,10H2. The number of thiophene rings is 1. The Hall–Kier alpha value is -0.120. The van der Waals surface area contributed by atoms with Crippen molar-refractivity contribution in [3.05, 3.63) is 21.3 Å². The van der Waals surface area contributed by atoms with Crippen LogP contribution in [0, 0.1) is 0 Å². The Labute approximate surface area is 74.0 Å². The molecule has 62 valence electrons. The lowest BCUT2D eigenvalue weighted by atomic mass is 10.1. The van der Waals surface area contributed by atoms with Crippen molar-refractivity contribution in [3.8, 4) is 0 Å². The number of rotatable bonds is 3. The van der Waals surface area contributed by atoms with Crippen molar-refractivity contribution in [2.45, 2.75) is 5.92 Å². The second kappa shape index (κ2) is 4.04. The molecule has 0 aliphatic heterocycles. The maximum Gasteiger partial charge on any atom is 0.0983 e. The van der Waals surface area contributed by atoms with Crippen LogP contribution in [0.25, 0.3) is 0 Å². The number of halogens is 2. The van der Waals surface area contributed by atoms with E-state index in [9.17, 15) is 4.39 Å². The summed E-state index contributed by atoms with van der Waals surface area (Å²) in [6, 6.07) is 3.59. The van der Waals surface area contributed by atoms with E-state index in [4.69, 9.17) is 17.3 Å². The van der Waals surface area contributed by atoms with Crippen LogP contribution < -0.4 is 5.73 Å².